The lowest BCUT2D eigenvalue weighted by Crippen LogP contribution is -2.41. The van der Waals surface area contributed by atoms with E-state index in [0.717, 1.165) is 25.8 Å². The van der Waals surface area contributed by atoms with Gasteiger partial charge in [0.1, 0.15) is 6.33 Å². The van der Waals surface area contributed by atoms with Crippen molar-refractivity contribution in [1.29, 1.82) is 0 Å². The van der Waals surface area contributed by atoms with E-state index in [1.54, 1.807) is 6.92 Å². The third-order valence-corrected chi connectivity index (χ3v) is 3.88. The van der Waals surface area contributed by atoms with E-state index in [4.69, 9.17) is 5.73 Å². The van der Waals surface area contributed by atoms with Gasteiger partial charge in [0.2, 0.25) is 0 Å². The lowest BCUT2D eigenvalue weighted by atomic mass is 10.0. The van der Waals surface area contributed by atoms with Crippen molar-refractivity contribution in [3.8, 4) is 0 Å². The number of anilines is 1. The maximum atomic E-state index is 14.1. The molecule has 2 atom stereocenters. The van der Waals surface area contributed by atoms with Crippen molar-refractivity contribution in [3.63, 3.8) is 0 Å². The molecule has 0 saturated heterocycles. The highest BCUT2D eigenvalue weighted by Gasteiger charge is 2.32. The monoisotopic (exact) mass is 252 g/mol. The maximum absolute atomic E-state index is 14.1. The van der Waals surface area contributed by atoms with Gasteiger partial charge in [-0.1, -0.05) is 6.42 Å². The van der Waals surface area contributed by atoms with Crippen molar-refractivity contribution >= 4 is 5.82 Å². The van der Waals surface area contributed by atoms with Gasteiger partial charge in [0.25, 0.3) is 0 Å². The lowest BCUT2D eigenvalue weighted by Gasteiger charge is -2.33. The van der Waals surface area contributed by atoms with Crippen LogP contribution < -0.4 is 10.6 Å². The number of aryl methyl sites for hydroxylation is 1. The minimum Gasteiger partial charge on any atom is -0.351 e. The van der Waals surface area contributed by atoms with Crippen LogP contribution in [0.1, 0.15) is 31.9 Å². The average Bonchev–Trinajstić information content (AvgIpc) is 2.83. The summed E-state index contributed by atoms with van der Waals surface area (Å²) in [6.07, 6.45) is 4.79. The molecule has 0 aliphatic heterocycles. The largest absolute Gasteiger partial charge is 0.351 e. The summed E-state index contributed by atoms with van der Waals surface area (Å²) in [5, 5.41) is 0. The van der Waals surface area contributed by atoms with Gasteiger partial charge < -0.3 is 10.6 Å². The molecule has 0 aromatic carbocycles. The predicted molar refractivity (Wildman–Crippen MR) is 69.9 cm³/mol. The van der Waals surface area contributed by atoms with Crippen LogP contribution in [-0.4, -0.2) is 29.1 Å². The van der Waals surface area contributed by atoms with Gasteiger partial charge in [-0.2, -0.15) is 0 Å². The average molecular weight is 252 g/mol. The predicted octanol–water partition coefficient (Wildman–Crippen LogP) is 1.88. The normalized spacial score (nSPS) is 23.3. The van der Waals surface area contributed by atoms with E-state index < -0.39 is 0 Å². The fourth-order valence-electron chi connectivity index (χ4n) is 2.89. The summed E-state index contributed by atoms with van der Waals surface area (Å²) in [4.78, 5) is 10.1. The second-order valence-electron chi connectivity index (χ2n) is 4.88. The Bertz CT molecular complexity index is 410. The van der Waals surface area contributed by atoms with Crippen LogP contribution in [0.15, 0.2) is 6.33 Å². The van der Waals surface area contributed by atoms with Crippen LogP contribution in [0.25, 0.3) is 0 Å². The molecule has 1 saturated carbocycles. The summed E-state index contributed by atoms with van der Waals surface area (Å²) in [5.74, 6) is 0.567. The molecule has 0 spiro atoms. The molecule has 4 nitrogen and oxygen atoms in total. The van der Waals surface area contributed by atoms with Gasteiger partial charge in [-0.15, -0.1) is 0 Å². The van der Waals surface area contributed by atoms with E-state index in [1.165, 1.54) is 6.33 Å². The van der Waals surface area contributed by atoms with Crippen LogP contribution >= 0.6 is 0 Å². The van der Waals surface area contributed by atoms with Crippen LogP contribution in [0.3, 0.4) is 0 Å². The summed E-state index contributed by atoms with van der Waals surface area (Å²) in [6.45, 7) is 5.10. The number of nitrogens with zero attached hydrogens (tertiary/aromatic N) is 3. The zero-order chi connectivity index (χ0) is 13.1. The van der Waals surface area contributed by atoms with E-state index in [1.807, 2.05) is 6.92 Å². The Labute approximate surface area is 107 Å². The van der Waals surface area contributed by atoms with E-state index in [0.29, 0.717) is 30.0 Å². The van der Waals surface area contributed by atoms with Crippen molar-refractivity contribution in [2.24, 2.45) is 11.7 Å². The Hall–Kier alpha value is -1.23. The second-order valence-corrected chi connectivity index (χ2v) is 4.88. The molecular formula is C13H21FN4. The summed E-state index contributed by atoms with van der Waals surface area (Å²) in [6, 6.07) is 0.309. The fourth-order valence-corrected chi connectivity index (χ4v) is 2.89. The minimum absolute atomic E-state index is 0.304. The van der Waals surface area contributed by atoms with E-state index >= 15 is 0 Å². The van der Waals surface area contributed by atoms with Crippen LogP contribution in [0.4, 0.5) is 10.2 Å². The Balaban J connectivity index is 2.30. The highest BCUT2D eigenvalue weighted by Crippen LogP contribution is 2.32. The molecule has 1 aliphatic carbocycles. The van der Waals surface area contributed by atoms with Gasteiger partial charge in [-0.25, -0.2) is 14.4 Å². The molecule has 1 aliphatic rings. The van der Waals surface area contributed by atoms with Gasteiger partial charge in [0, 0.05) is 12.6 Å². The number of rotatable bonds is 4. The molecule has 1 aromatic rings. The minimum atomic E-state index is -0.304. The van der Waals surface area contributed by atoms with E-state index in [2.05, 4.69) is 14.9 Å². The van der Waals surface area contributed by atoms with Gasteiger partial charge in [-0.05, 0) is 39.2 Å². The number of aromatic nitrogens is 2. The highest BCUT2D eigenvalue weighted by molar-refractivity contribution is 5.42. The SMILES string of the molecule is CCN(c1ncnc(C)c1F)C1CCCC1CN. The molecule has 1 aromatic heterocycles. The zero-order valence-corrected chi connectivity index (χ0v) is 11.1. The molecule has 18 heavy (non-hydrogen) atoms. The Morgan fingerprint density at radius 3 is 2.89 bits per heavy atom. The molecule has 0 bridgehead atoms. The zero-order valence-electron chi connectivity index (χ0n) is 11.1. The molecule has 100 valence electrons. The first-order valence-electron chi connectivity index (χ1n) is 6.62. The Morgan fingerprint density at radius 2 is 2.22 bits per heavy atom. The Kier molecular flexibility index (Phi) is 4.11. The van der Waals surface area contributed by atoms with Crippen molar-refractivity contribution in [2.45, 2.75) is 39.2 Å². The molecule has 2 unspecified atom stereocenters. The third-order valence-electron chi connectivity index (χ3n) is 3.88. The first-order valence-corrected chi connectivity index (χ1v) is 6.62. The van der Waals surface area contributed by atoms with Crippen molar-refractivity contribution in [2.75, 3.05) is 18.0 Å². The number of hydrogen-bond donors (Lipinski definition) is 1. The van der Waals surface area contributed by atoms with Crippen LogP contribution in [0.5, 0.6) is 0 Å². The summed E-state index contributed by atoms with van der Waals surface area (Å²) in [7, 11) is 0. The van der Waals surface area contributed by atoms with Crippen LogP contribution in [0, 0.1) is 18.7 Å². The molecular weight excluding hydrogens is 231 g/mol. The highest BCUT2D eigenvalue weighted by atomic mass is 19.1. The quantitative estimate of drug-likeness (QED) is 0.889. The molecule has 1 fully saturated rings. The molecule has 2 N–H and O–H groups in total. The number of hydrogen-bond acceptors (Lipinski definition) is 4. The first-order chi connectivity index (χ1) is 8.69. The Morgan fingerprint density at radius 1 is 1.44 bits per heavy atom. The van der Waals surface area contributed by atoms with Crippen molar-refractivity contribution < 1.29 is 4.39 Å². The lowest BCUT2D eigenvalue weighted by molar-refractivity contribution is 0.451. The maximum Gasteiger partial charge on any atom is 0.186 e. The molecule has 5 heteroatoms. The number of nitrogens with two attached hydrogens (primary N) is 1. The van der Waals surface area contributed by atoms with E-state index in [9.17, 15) is 4.39 Å². The first kappa shape index (κ1) is 13.2. The summed E-state index contributed by atoms with van der Waals surface area (Å²) in [5.41, 5.74) is 6.21. The topological polar surface area (TPSA) is 55.0 Å². The molecule has 0 amide bonds. The second kappa shape index (κ2) is 5.61. The molecule has 1 heterocycles. The van der Waals surface area contributed by atoms with Crippen LogP contribution in [0.2, 0.25) is 0 Å². The molecule has 0 radical (unpaired) electrons. The summed E-state index contributed by atoms with van der Waals surface area (Å²) < 4.78 is 14.1. The van der Waals surface area contributed by atoms with Crippen molar-refractivity contribution in [3.05, 3.63) is 17.8 Å². The van der Waals surface area contributed by atoms with Gasteiger partial charge >= 0.3 is 0 Å². The number of halogens is 1. The standard InChI is InChI=1S/C13H21FN4/c1-3-18(11-6-4-5-10(11)7-15)13-12(14)9(2)16-8-17-13/h8,10-11H,3-7,15H2,1-2H3. The van der Waals surface area contributed by atoms with Crippen LogP contribution in [-0.2, 0) is 0 Å². The molecule has 2 rings (SSSR count). The van der Waals surface area contributed by atoms with Gasteiger partial charge in [0.15, 0.2) is 11.6 Å². The summed E-state index contributed by atoms with van der Waals surface area (Å²) >= 11 is 0. The third kappa shape index (κ3) is 2.32. The fraction of sp³-hybridized carbons (Fsp3) is 0.692. The smallest absolute Gasteiger partial charge is 0.186 e. The van der Waals surface area contributed by atoms with Crippen molar-refractivity contribution in [1.82, 2.24) is 9.97 Å². The van der Waals surface area contributed by atoms with Gasteiger partial charge in [-0.3, -0.25) is 0 Å². The van der Waals surface area contributed by atoms with Gasteiger partial charge in [0.05, 0.1) is 5.69 Å². The van der Waals surface area contributed by atoms with E-state index in [-0.39, 0.29) is 5.82 Å².